The molecule has 0 bridgehead atoms. The Balaban J connectivity index is 1.92. The Morgan fingerprint density at radius 1 is 1.24 bits per heavy atom. The van der Waals surface area contributed by atoms with E-state index in [0.717, 1.165) is 31.8 Å². The summed E-state index contributed by atoms with van der Waals surface area (Å²) < 4.78 is 0. The zero-order valence-corrected chi connectivity index (χ0v) is 14.6. The molecule has 2 N–H and O–H groups in total. The molecule has 3 heteroatoms. The van der Waals surface area contributed by atoms with Gasteiger partial charge < -0.3 is 10.6 Å². The van der Waals surface area contributed by atoms with Crippen LogP contribution in [0.1, 0.15) is 66.7 Å². The Labute approximate surface area is 130 Å². The van der Waals surface area contributed by atoms with Gasteiger partial charge in [-0.1, -0.05) is 34.6 Å². The molecule has 1 heterocycles. The quantitative estimate of drug-likeness (QED) is 0.848. The van der Waals surface area contributed by atoms with E-state index in [1.54, 1.807) is 0 Å². The molecule has 1 aliphatic carbocycles. The van der Waals surface area contributed by atoms with Gasteiger partial charge in [0, 0.05) is 25.6 Å². The number of piperidine rings is 1. The lowest BCUT2D eigenvalue weighted by molar-refractivity contribution is -0.136. The van der Waals surface area contributed by atoms with Crippen LogP contribution < -0.4 is 5.73 Å². The van der Waals surface area contributed by atoms with Crippen LogP contribution in [0, 0.1) is 22.7 Å². The fraction of sp³-hybridized carbons (Fsp3) is 0.944. The average Bonchev–Trinajstić information content (AvgIpc) is 2.29. The molecular formula is C18H34N2O. The predicted octanol–water partition coefficient (Wildman–Crippen LogP) is 3.42. The summed E-state index contributed by atoms with van der Waals surface area (Å²) >= 11 is 0. The molecule has 0 radical (unpaired) electrons. The average molecular weight is 294 g/mol. The van der Waals surface area contributed by atoms with Crippen molar-refractivity contribution in [2.75, 3.05) is 13.1 Å². The molecule has 3 atom stereocenters. The van der Waals surface area contributed by atoms with Crippen LogP contribution in [0.4, 0.5) is 0 Å². The van der Waals surface area contributed by atoms with E-state index in [-0.39, 0.29) is 11.5 Å². The molecule has 0 spiro atoms. The number of nitrogens with two attached hydrogens (primary N) is 1. The predicted molar refractivity (Wildman–Crippen MR) is 87.9 cm³/mol. The number of rotatable bonds is 2. The molecule has 21 heavy (non-hydrogen) atoms. The van der Waals surface area contributed by atoms with Crippen molar-refractivity contribution in [2.45, 2.75) is 72.8 Å². The molecule has 2 fully saturated rings. The van der Waals surface area contributed by atoms with Gasteiger partial charge in [0.15, 0.2) is 0 Å². The highest BCUT2D eigenvalue weighted by molar-refractivity contribution is 5.76. The van der Waals surface area contributed by atoms with Crippen LogP contribution in [0.25, 0.3) is 0 Å². The SMILES string of the molecule is CC1CC(CC(=O)N2CCC(N)C(C)(C)C2)CC(C)(C)C1. The number of nitrogens with zero attached hydrogens (tertiary/aromatic N) is 1. The van der Waals surface area contributed by atoms with Crippen LogP contribution in [0.5, 0.6) is 0 Å². The fourth-order valence-corrected chi connectivity index (χ4v) is 4.66. The summed E-state index contributed by atoms with van der Waals surface area (Å²) in [7, 11) is 0. The standard InChI is InChI=1S/C18H34N2O/c1-13-8-14(11-17(2,3)10-13)9-16(21)20-7-6-15(19)18(4,5)12-20/h13-15H,6-12,19H2,1-5H3. The topological polar surface area (TPSA) is 46.3 Å². The van der Waals surface area contributed by atoms with E-state index in [1.807, 2.05) is 0 Å². The Morgan fingerprint density at radius 2 is 1.90 bits per heavy atom. The second-order valence-corrected chi connectivity index (χ2v) is 9.18. The summed E-state index contributed by atoms with van der Waals surface area (Å²) in [6, 6.07) is 0.218. The highest BCUT2D eigenvalue weighted by atomic mass is 16.2. The molecule has 0 aromatic carbocycles. The largest absolute Gasteiger partial charge is 0.342 e. The van der Waals surface area contributed by atoms with Crippen LogP contribution in [-0.4, -0.2) is 29.9 Å². The van der Waals surface area contributed by atoms with Crippen molar-refractivity contribution < 1.29 is 4.79 Å². The molecule has 0 aromatic rings. The van der Waals surface area contributed by atoms with Crippen molar-refractivity contribution in [1.29, 1.82) is 0 Å². The van der Waals surface area contributed by atoms with Crippen LogP contribution in [0.2, 0.25) is 0 Å². The van der Waals surface area contributed by atoms with Gasteiger partial charge in [0.05, 0.1) is 0 Å². The molecule has 1 aliphatic heterocycles. The van der Waals surface area contributed by atoms with E-state index in [0.29, 0.717) is 17.2 Å². The van der Waals surface area contributed by atoms with Crippen LogP contribution >= 0.6 is 0 Å². The summed E-state index contributed by atoms with van der Waals surface area (Å²) in [4.78, 5) is 14.7. The number of carbonyl (C=O) groups excluding carboxylic acids is 1. The molecule has 1 saturated carbocycles. The maximum Gasteiger partial charge on any atom is 0.222 e. The highest BCUT2D eigenvalue weighted by Gasteiger charge is 2.37. The number of carbonyl (C=O) groups is 1. The van der Waals surface area contributed by atoms with Gasteiger partial charge in [-0.15, -0.1) is 0 Å². The smallest absolute Gasteiger partial charge is 0.222 e. The van der Waals surface area contributed by atoms with E-state index in [9.17, 15) is 4.79 Å². The Bertz CT molecular complexity index is 389. The van der Waals surface area contributed by atoms with Gasteiger partial charge in [0.2, 0.25) is 5.91 Å². The fourth-order valence-electron chi connectivity index (χ4n) is 4.66. The lowest BCUT2D eigenvalue weighted by Gasteiger charge is -2.44. The maximum absolute atomic E-state index is 12.7. The summed E-state index contributed by atoms with van der Waals surface area (Å²) in [5, 5.41) is 0. The van der Waals surface area contributed by atoms with Crippen molar-refractivity contribution in [3.63, 3.8) is 0 Å². The number of hydrogen-bond acceptors (Lipinski definition) is 2. The van der Waals surface area contributed by atoms with E-state index in [2.05, 4.69) is 39.5 Å². The van der Waals surface area contributed by atoms with Crippen LogP contribution in [0.15, 0.2) is 0 Å². The summed E-state index contributed by atoms with van der Waals surface area (Å²) in [6.07, 6.45) is 5.37. The van der Waals surface area contributed by atoms with Crippen LogP contribution in [-0.2, 0) is 4.79 Å². The van der Waals surface area contributed by atoms with E-state index < -0.39 is 0 Å². The second kappa shape index (κ2) is 5.91. The Kier molecular flexibility index (Phi) is 4.72. The van der Waals surface area contributed by atoms with Gasteiger partial charge in [-0.3, -0.25) is 4.79 Å². The van der Waals surface area contributed by atoms with Crippen molar-refractivity contribution in [3.05, 3.63) is 0 Å². The molecule has 3 unspecified atom stereocenters. The minimum absolute atomic E-state index is 0.0486. The van der Waals surface area contributed by atoms with Gasteiger partial charge in [0.1, 0.15) is 0 Å². The first-order valence-electron chi connectivity index (χ1n) is 8.62. The molecule has 1 amide bonds. The molecule has 2 rings (SSSR count). The summed E-state index contributed by atoms with van der Waals surface area (Å²) in [5.41, 5.74) is 6.62. The van der Waals surface area contributed by atoms with Gasteiger partial charge >= 0.3 is 0 Å². The molecule has 3 nitrogen and oxygen atoms in total. The highest BCUT2D eigenvalue weighted by Crippen LogP contribution is 2.43. The van der Waals surface area contributed by atoms with Gasteiger partial charge in [-0.2, -0.15) is 0 Å². The first-order chi connectivity index (χ1) is 9.59. The first kappa shape index (κ1) is 16.8. The van der Waals surface area contributed by atoms with Crippen molar-refractivity contribution in [2.24, 2.45) is 28.4 Å². The summed E-state index contributed by atoms with van der Waals surface area (Å²) in [5.74, 6) is 1.66. The van der Waals surface area contributed by atoms with Crippen molar-refractivity contribution in [1.82, 2.24) is 4.90 Å². The minimum Gasteiger partial charge on any atom is -0.342 e. The third kappa shape index (κ3) is 4.21. The number of hydrogen-bond donors (Lipinski definition) is 1. The zero-order valence-electron chi connectivity index (χ0n) is 14.6. The molecule has 2 aliphatic rings. The molecular weight excluding hydrogens is 260 g/mol. The first-order valence-corrected chi connectivity index (χ1v) is 8.62. The molecule has 0 aromatic heterocycles. The van der Waals surface area contributed by atoms with E-state index in [1.165, 1.54) is 19.3 Å². The number of amides is 1. The second-order valence-electron chi connectivity index (χ2n) is 9.18. The Hall–Kier alpha value is -0.570. The van der Waals surface area contributed by atoms with Gasteiger partial charge in [-0.25, -0.2) is 0 Å². The lowest BCUT2D eigenvalue weighted by Crippen LogP contribution is -2.54. The van der Waals surface area contributed by atoms with Crippen LogP contribution in [0.3, 0.4) is 0 Å². The normalized spacial score (nSPS) is 35.5. The van der Waals surface area contributed by atoms with Gasteiger partial charge in [-0.05, 0) is 48.3 Å². The van der Waals surface area contributed by atoms with Crippen molar-refractivity contribution in [3.8, 4) is 0 Å². The summed E-state index contributed by atoms with van der Waals surface area (Å²) in [6.45, 7) is 13.1. The third-order valence-electron chi connectivity index (χ3n) is 5.61. The third-order valence-corrected chi connectivity index (χ3v) is 5.61. The zero-order chi connectivity index (χ0) is 15.8. The number of likely N-dealkylation sites (tertiary alicyclic amines) is 1. The van der Waals surface area contributed by atoms with Gasteiger partial charge in [0.25, 0.3) is 0 Å². The molecule has 1 saturated heterocycles. The van der Waals surface area contributed by atoms with E-state index >= 15 is 0 Å². The lowest BCUT2D eigenvalue weighted by atomic mass is 9.67. The minimum atomic E-state index is 0.0486. The van der Waals surface area contributed by atoms with Crippen molar-refractivity contribution >= 4 is 5.91 Å². The maximum atomic E-state index is 12.7. The van der Waals surface area contributed by atoms with E-state index in [4.69, 9.17) is 5.73 Å². The Morgan fingerprint density at radius 3 is 2.48 bits per heavy atom. The molecule has 122 valence electrons. The monoisotopic (exact) mass is 294 g/mol.